The van der Waals surface area contributed by atoms with Gasteiger partial charge in [0.25, 0.3) is 0 Å². The van der Waals surface area contributed by atoms with Gasteiger partial charge in [-0.15, -0.1) is 0 Å². The van der Waals surface area contributed by atoms with Crippen LogP contribution in [0.15, 0.2) is 24.3 Å². The van der Waals surface area contributed by atoms with Crippen molar-refractivity contribution in [2.75, 3.05) is 19.6 Å². The molecule has 0 saturated carbocycles. The summed E-state index contributed by atoms with van der Waals surface area (Å²) in [4.78, 5) is 2.47. The highest BCUT2D eigenvalue weighted by molar-refractivity contribution is 5.25. The Morgan fingerprint density at radius 1 is 1.15 bits per heavy atom. The fourth-order valence-corrected chi connectivity index (χ4v) is 3.30. The first kappa shape index (κ1) is 15.5. The largest absolute Gasteiger partial charge is 0.320 e. The van der Waals surface area contributed by atoms with Crippen molar-refractivity contribution in [3.63, 3.8) is 0 Å². The first-order valence-electron chi connectivity index (χ1n) is 7.77. The van der Waals surface area contributed by atoms with E-state index >= 15 is 0 Å². The number of nitrogens with two attached hydrogens (primary N) is 1. The van der Waals surface area contributed by atoms with E-state index in [4.69, 9.17) is 5.73 Å². The molecule has 0 amide bonds. The average Bonchev–Trinajstić information content (AvgIpc) is 2.39. The molecule has 1 aromatic carbocycles. The molecule has 112 valence electrons. The van der Waals surface area contributed by atoms with Crippen molar-refractivity contribution < 1.29 is 4.39 Å². The minimum Gasteiger partial charge on any atom is -0.320 e. The minimum absolute atomic E-state index is 0.196. The molecule has 1 saturated heterocycles. The number of likely N-dealkylation sites (tertiary alicyclic amines) is 1. The van der Waals surface area contributed by atoms with Crippen molar-refractivity contribution in [3.05, 3.63) is 35.6 Å². The van der Waals surface area contributed by atoms with Crippen LogP contribution in [0.5, 0.6) is 0 Å². The van der Waals surface area contributed by atoms with Gasteiger partial charge in [-0.05, 0) is 56.0 Å². The summed E-state index contributed by atoms with van der Waals surface area (Å²) < 4.78 is 13.1. The van der Waals surface area contributed by atoms with Gasteiger partial charge in [0.2, 0.25) is 0 Å². The highest BCUT2D eigenvalue weighted by Crippen LogP contribution is 2.28. The van der Waals surface area contributed by atoms with Crippen LogP contribution in [0.25, 0.3) is 0 Å². The van der Waals surface area contributed by atoms with Crippen LogP contribution in [0.4, 0.5) is 4.39 Å². The zero-order valence-corrected chi connectivity index (χ0v) is 12.7. The predicted octanol–water partition coefficient (Wildman–Crippen LogP) is 3.51. The van der Waals surface area contributed by atoms with Crippen LogP contribution in [0.2, 0.25) is 0 Å². The topological polar surface area (TPSA) is 29.3 Å². The summed E-state index contributed by atoms with van der Waals surface area (Å²) in [5.74, 6) is 0.327. The van der Waals surface area contributed by atoms with Crippen LogP contribution < -0.4 is 5.73 Å². The molecule has 1 atom stereocenters. The Labute approximate surface area is 122 Å². The number of hydrogen-bond acceptors (Lipinski definition) is 2. The normalized spacial score (nSPS) is 20.1. The second kappa shape index (κ2) is 6.68. The van der Waals surface area contributed by atoms with Gasteiger partial charge < -0.3 is 10.6 Å². The number of rotatable bonds is 5. The van der Waals surface area contributed by atoms with E-state index in [1.165, 1.54) is 31.4 Å². The highest BCUT2D eigenvalue weighted by Gasteiger charge is 2.31. The molecule has 1 fully saturated rings. The third-order valence-electron chi connectivity index (χ3n) is 4.15. The van der Waals surface area contributed by atoms with Gasteiger partial charge in [-0.25, -0.2) is 4.39 Å². The van der Waals surface area contributed by atoms with Crippen molar-refractivity contribution in [1.29, 1.82) is 0 Å². The Kier molecular flexibility index (Phi) is 5.17. The first-order valence-corrected chi connectivity index (χ1v) is 7.77. The van der Waals surface area contributed by atoms with Crippen molar-refractivity contribution in [2.45, 2.75) is 45.1 Å². The summed E-state index contributed by atoms with van der Waals surface area (Å²) in [6, 6.07) is 6.74. The molecular weight excluding hydrogens is 251 g/mol. The minimum atomic E-state index is -0.376. The fourth-order valence-electron chi connectivity index (χ4n) is 3.30. The molecule has 0 radical (unpaired) electrons. The highest BCUT2D eigenvalue weighted by atomic mass is 19.1. The Balaban J connectivity index is 2.17. The summed E-state index contributed by atoms with van der Waals surface area (Å²) in [5, 5.41) is 0. The monoisotopic (exact) mass is 278 g/mol. The Hall–Kier alpha value is -0.930. The molecule has 20 heavy (non-hydrogen) atoms. The van der Waals surface area contributed by atoms with Gasteiger partial charge in [-0.2, -0.15) is 0 Å². The predicted molar refractivity (Wildman–Crippen MR) is 82.0 cm³/mol. The van der Waals surface area contributed by atoms with E-state index in [1.54, 1.807) is 0 Å². The van der Waals surface area contributed by atoms with Crippen LogP contribution in [0.1, 0.15) is 45.1 Å². The molecule has 2 rings (SSSR count). The lowest BCUT2D eigenvalue weighted by molar-refractivity contribution is 0.163. The molecule has 1 aromatic rings. The van der Waals surface area contributed by atoms with Gasteiger partial charge in [0.1, 0.15) is 5.82 Å². The van der Waals surface area contributed by atoms with E-state index in [2.05, 4.69) is 18.7 Å². The van der Waals surface area contributed by atoms with Crippen molar-refractivity contribution in [2.24, 2.45) is 11.7 Å². The molecule has 3 heteroatoms. The van der Waals surface area contributed by atoms with E-state index in [1.807, 2.05) is 12.1 Å². The lowest BCUT2D eigenvalue weighted by atomic mass is 9.82. The third kappa shape index (κ3) is 4.03. The molecule has 0 aliphatic carbocycles. The van der Waals surface area contributed by atoms with E-state index in [0.29, 0.717) is 5.92 Å². The lowest BCUT2D eigenvalue weighted by Gasteiger charge is -2.38. The zero-order valence-electron chi connectivity index (χ0n) is 12.7. The number of halogens is 1. The summed E-state index contributed by atoms with van der Waals surface area (Å²) in [5.41, 5.74) is 7.42. The van der Waals surface area contributed by atoms with Crippen LogP contribution in [-0.4, -0.2) is 24.5 Å². The maximum Gasteiger partial charge on any atom is 0.123 e. The maximum absolute atomic E-state index is 13.1. The second-order valence-corrected chi connectivity index (χ2v) is 6.60. The molecule has 0 aromatic heterocycles. The summed E-state index contributed by atoms with van der Waals surface area (Å²) >= 11 is 0. The molecular formula is C17H27FN2. The number of piperidine rings is 1. The zero-order chi connectivity index (χ0) is 14.6. The van der Waals surface area contributed by atoms with Crippen LogP contribution in [0.3, 0.4) is 0 Å². The standard InChI is InChI=1S/C17H27FN2/c1-14(2)12-17(19,13-20-10-4-3-5-11-20)15-6-8-16(18)9-7-15/h6-9,14H,3-5,10-13,19H2,1-2H3. The van der Waals surface area contributed by atoms with E-state index in [9.17, 15) is 4.39 Å². The quantitative estimate of drug-likeness (QED) is 0.893. The molecule has 1 unspecified atom stereocenters. The summed E-state index contributed by atoms with van der Waals surface area (Å²) in [6.07, 6.45) is 4.78. The summed E-state index contributed by atoms with van der Waals surface area (Å²) in [7, 11) is 0. The molecule has 1 aliphatic rings. The third-order valence-corrected chi connectivity index (χ3v) is 4.15. The van der Waals surface area contributed by atoms with Gasteiger partial charge in [-0.3, -0.25) is 0 Å². The van der Waals surface area contributed by atoms with Crippen molar-refractivity contribution in [1.82, 2.24) is 4.90 Å². The molecule has 1 heterocycles. The van der Waals surface area contributed by atoms with E-state index < -0.39 is 0 Å². The van der Waals surface area contributed by atoms with Crippen molar-refractivity contribution >= 4 is 0 Å². The Morgan fingerprint density at radius 2 is 1.75 bits per heavy atom. The Bertz CT molecular complexity index is 410. The molecule has 2 N–H and O–H groups in total. The number of nitrogens with zero attached hydrogens (tertiary/aromatic N) is 1. The molecule has 0 spiro atoms. The van der Waals surface area contributed by atoms with Gasteiger partial charge in [0.15, 0.2) is 0 Å². The van der Waals surface area contributed by atoms with E-state index in [0.717, 1.165) is 31.6 Å². The SMILES string of the molecule is CC(C)CC(N)(CN1CCCCC1)c1ccc(F)cc1. The van der Waals surface area contributed by atoms with Gasteiger partial charge in [-0.1, -0.05) is 32.4 Å². The average molecular weight is 278 g/mol. The maximum atomic E-state index is 13.1. The van der Waals surface area contributed by atoms with Crippen molar-refractivity contribution in [3.8, 4) is 0 Å². The first-order chi connectivity index (χ1) is 9.49. The van der Waals surface area contributed by atoms with Gasteiger partial charge >= 0.3 is 0 Å². The second-order valence-electron chi connectivity index (χ2n) is 6.60. The molecule has 2 nitrogen and oxygen atoms in total. The van der Waals surface area contributed by atoms with Crippen LogP contribution >= 0.6 is 0 Å². The van der Waals surface area contributed by atoms with Gasteiger partial charge in [0.05, 0.1) is 5.54 Å². The molecule has 1 aliphatic heterocycles. The van der Waals surface area contributed by atoms with Gasteiger partial charge in [0, 0.05) is 6.54 Å². The number of hydrogen-bond donors (Lipinski definition) is 1. The van der Waals surface area contributed by atoms with Crippen LogP contribution in [-0.2, 0) is 5.54 Å². The number of benzene rings is 1. The van der Waals surface area contributed by atoms with E-state index in [-0.39, 0.29) is 11.4 Å². The molecule has 0 bridgehead atoms. The van der Waals surface area contributed by atoms with Crippen LogP contribution in [0, 0.1) is 11.7 Å². The smallest absolute Gasteiger partial charge is 0.123 e. The summed E-state index contributed by atoms with van der Waals surface area (Å²) in [6.45, 7) is 7.54. The lowest BCUT2D eigenvalue weighted by Crippen LogP contribution is -2.49. The Morgan fingerprint density at radius 3 is 2.30 bits per heavy atom. The fraction of sp³-hybridized carbons (Fsp3) is 0.647.